The number of aryl methyl sites for hydroxylation is 1. The summed E-state index contributed by atoms with van der Waals surface area (Å²) in [5, 5.41) is 11.9. The van der Waals surface area contributed by atoms with E-state index < -0.39 is 0 Å². The van der Waals surface area contributed by atoms with Crippen LogP contribution < -0.4 is 10.1 Å². The van der Waals surface area contributed by atoms with E-state index in [0.29, 0.717) is 17.3 Å². The van der Waals surface area contributed by atoms with E-state index >= 15 is 0 Å². The second kappa shape index (κ2) is 6.54. The monoisotopic (exact) mass is 280 g/mol. The Bertz CT molecular complexity index is 541. The van der Waals surface area contributed by atoms with Crippen LogP contribution >= 0.6 is 11.6 Å². The third-order valence-corrected chi connectivity index (χ3v) is 3.16. The standard InChI is InChI=1S/C13H17ClN4O/c1-3-18-9-16-17-13(18)8-15-7-10-4-5-12(19-2)11(14)6-10/h4-6,9,15H,3,7-8H2,1-2H3. The van der Waals surface area contributed by atoms with Gasteiger partial charge in [-0.05, 0) is 24.6 Å². The number of ether oxygens (including phenoxy) is 1. The van der Waals surface area contributed by atoms with Gasteiger partial charge in [0.25, 0.3) is 0 Å². The fourth-order valence-electron chi connectivity index (χ4n) is 1.82. The quantitative estimate of drug-likeness (QED) is 0.882. The molecule has 102 valence electrons. The molecule has 0 aliphatic rings. The van der Waals surface area contributed by atoms with Gasteiger partial charge in [0.05, 0.1) is 18.7 Å². The highest BCUT2D eigenvalue weighted by Gasteiger charge is 2.04. The van der Waals surface area contributed by atoms with Crippen LogP contribution in [0.3, 0.4) is 0 Å². The van der Waals surface area contributed by atoms with Crippen molar-refractivity contribution in [3.05, 3.63) is 40.9 Å². The summed E-state index contributed by atoms with van der Waals surface area (Å²) in [7, 11) is 1.61. The number of hydrogen-bond donors (Lipinski definition) is 1. The number of rotatable bonds is 6. The lowest BCUT2D eigenvalue weighted by atomic mass is 10.2. The molecule has 6 heteroatoms. The molecule has 0 amide bonds. The molecule has 2 rings (SSSR count). The van der Waals surface area contributed by atoms with Gasteiger partial charge in [0.1, 0.15) is 17.9 Å². The van der Waals surface area contributed by atoms with Crippen molar-refractivity contribution in [1.29, 1.82) is 0 Å². The molecule has 2 aromatic rings. The number of methoxy groups -OCH3 is 1. The molecule has 0 saturated heterocycles. The van der Waals surface area contributed by atoms with E-state index in [4.69, 9.17) is 16.3 Å². The predicted molar refractivity (Wildman–Crippen MR) is 74.2 cm³/mol. The van der Waals surface area contributed by atoms with Gasteiger partial charge in [-0.25, -0.2) is 0 Å². The van der Waals surface area contributed by atoms with Crippen molar-refractivity contribution >= 4 is 11.6 Å². The molecule has 0 aliphatic carbocycles. The number of benzene rings is 1. The molecule has 0 aliphatic heterocycles. The van der Waals surface area contributed by atoms with E-state index in [2.05, 4.69) is 22.4 Å². The van der Waals surface area contributed by atoms with Crippen molar-refractivity contribution < 1.29 is 4.74 Å². The molecule has 1 aromatic carbocycles. The lowest BCUT2D eigenvalue weighted by molar-refractivity contribution is 0.415. The second-order valence-electron chi connectivity index (χ2n) is 4.11. The van der Waals surface area contributed by atoms with Gasteiger partial charge in [-0.3, -0.25) is 0 Å². The van der Waals surface area contributed by atoms with Crippen LogP contribution in [-0.4, -0.2) is 21.9 Å². The van der Waals surface area contributed by atoms with Gasteiger partial charge >= 0.3 is 0 Å². The van der Waals surface area contributed by atoms with Crippen LogP contribution in [0.2, 0.25) is 5.02 Å². The highest BCUT2D eigenvalue weighted by atomic mass is 35.5. The zero-order valence-corrected chi connectivity index (χ0v) is 11.8. The molecule has 5 nitrogen and oxygen atoms in total. The van der Waals surface area contributed by atoms with Crippen LogP contribution in [-0.2, 0) is 19.6 Å². The van der Waals surface area contributed by atoms with E-state index in [9.17, 15) is 0 Å². The van der Waals surface area contributed by atoms with E-state index in [1.54, 1.807) is 13.4 Å². The molecular weight excluding hydrogens is 264 g/mol. The Labute approximate surface area is 117 Å². The predicted octanol–water partition coefficient (Wildman–Crippen LogP) is 2.25. The minimum absolute atomic E-state index is 0.624. The largest absolute Gasteiger partial charge is 0.495 e. The molecule has 0 atom stereocenters. The Morgan fingerprint density at radius 3 is 2.89 bits per heavy atom. The molecule has 0 unspecified atom stereocenters. The Kier molecular flexibility index (Phi) is 4.76. The van der Waals surface area contributed by atoms with Crippen molar-refractivity contribution in [1.82, 2.24) is 20.1 Å². The lowest BCUT2D eigenvalue weighted by Crippen LogP contribution is -2.16. The zero-order valence-electron chi connectivity index (χ0n) is 11.1. The van der Waals surface area contributed by atoms with Gasteiger partial charge in [-0.15, -0.1) is 10.2 Å². The normalized spacial score (nSPS) is 10.7. The summed E-state index contributed by atoms with van der Waals surface area (Å²) in [6, 6.07) is 5.76. The molecule has 0 saturated carbocycles. The lowest BCUT2D eigenvalue weighted by Gasteiger charge is -2.08. The van der Waals surface area contributed by atoms with Crippen molar-refractivity contribution in [3.63, 3.8) is 0 Å². The first-order valence-electron chi connectivity index (χ1n) is 6.14. The van der Waals surface area contributed by atoms with Gasteiger partial charge in [-0.2, -0.15) is 0 Å². The smallest absolute Gasteiger partial charge is 0.146 e. The average Bonchev–Trinajstić information content (AvgIpc) is 2.86. The summed E-state index contributed by atoms with van der Waals surface area (Å²) < 4.78 is 7.13. The molecule has 1 aromatic heterocycles. The zero-order chi connectivity index (χ0) is 13.7. The van der Waals surface area contributed by atoms with E-state index in [1.165, 1.54) is 0 Å². The average molecular weight is 281 g/mol. The van der Waals surface area contributed by atoms with Crippen LogP contribution in [0.5, 0.6) is 5.75 Å². The molecule has 0 radical (unpaired) electrons. The molecule has 0 bridgehead atoms. The Morgan fingerprint density at radius 2 is 2.21 bits per heavy atom. The Morgan fingerprint density at radius 1 is 1.37 bits per heavy atom. The minimum atomic E-state index is 0.624. The summed E-state index contributed by atoms with van der Waals surface area (Å²) in [6.07, 6.45) is 1.74. The maximum Gasteiger partial charge on any atom is 0.146 e. The first-order chi connectivity index (χ1) is 9.24. The van der Waals surface area contributed by atoms with Gasteiger partial charge in [0, 0.05) is 13.1 Å². The molecular formula is C13H17ClN4O. The third-order valence-electron chi connectivity index (χ3n) is 2.86. The first kappa shape index (κ1) is 13.8. The van der Waals surface area contributed by atoms with Gasteiger partial charge in [-0.1, -0.05) is 17.7 Å². The summed E-state index contributed by atoms with van der Waals surface area (Å²) in [6.45, 7) is 4.34. The number of hydrogen-bond acceptors (Lipinski definition) is 4. The van der Waals surface area contributed by atoms with Crippen LogP contribution in [0.1, 0.15) is 18.3 Å². The number of aromatic nitrogens is 3. The van der Waals surface area contributed by atoms with Crippen molar-refractivity contribution in [3.8, 4) is 5.75 Å². The highest BCUT2D eigenvalue weighted by Crippen LogP contribution is 2.24. The summed E-state index contributed by atoms with van der Waals surface area (Å²) >= 11 is 6.08. The molecule has 1 N–H and O–H groups in total. The topological polar surface area (TPSA) is 52.0 Å². The fourth-order valence-corrected chi connectivity index (χ4v) is 2.10. The van der Waals surface area contributed by atoms with E-state index in [1.807, 2.05) is 22.8 Å². The molecule has 19 heavy (non-hydrogen) atoms. The fraction of sp³-hybridized carbons (Fsp3) is 0.385. The third kappa shape index (κ3) is 3.45. The molecule has 0 fully saturated rings. The van der Waals surface area contributed by atoms with Crippen molar-refractivity contribution in [2.45, 2.75) is 26.6 Å². The van der Waals surface area contributed by atoms with Crippen LogP contribution in [0.4, 0.5) is 0 Å². The SMILES string of the molecule is CCn1cnnc1CNCc1ccc(OC)c(Cl)c1. The second-order valence-corrected chi connectivity index (χ2v) is 4.51. The van der Waals surface area contributed by atoms with Crippen LogP contribution in [0, 0.1) is 0 Å². The van der Waals surface area contributed by atoms with Crippen molar-refractivity contribution in [2.24, 2.45) is 0 Å². The number of nitrogens with zero attached hydrogens (tertiary/aromatic N) is 3. The Balaban J connectivity index is 1.91. The summed E-state index contributed by atoms with van der Waals surface area (Å²) in [4.78, 5) is 0. The van der Waals surface area contributed by atoms with E-state index in [-0.39, 0.29) is 0 Å². The molecule has 0 spiro atoms. The Hall–Kier alpha value is -1.59. The maximum absolute atomic E-state index is 6.08. The number of halogens is 1. The number of nitrogens with one attached hydrogen (secondary N) is 1. The summed E-state index contributed by atoms with van der Waals surface area (Å²) in [5.41, 5.74) is 1.10. The van der Waals surface area contributed by atoms with Gasteiger partial charge < -0.3 is 14.6 Å². The first-order valence-corrected chi connectivity index (χ1v) is 6.52. The van der Waals surface area contributed by atoms with Crippen LogP contribution in [0.15, 0.2) is 24.5 Å². The van der Waals surface area contributed by atoms with Crippen LogP contribution in [0.25, 0.3) is 0 Å². The highest BCUT2D eigenvalue weighted by molar-refractivity contribution is 6.32. The molecule has 1 heterocycles. The van der Waals surface area contributed by atoms with Crippen molar-refractivity contribution in [2.75, 3.05) is 7.11 Å². The van der Waals surface area contributed by atoms with Gasteiger partial charge in [0.15, 0.2) is 0 Å². The van der Waals surface area contributed by atoms with Gasteiger partial charge in [0.2, 0.25) is 0 Å². The maximum atomic E-state index is 6.08. The minimum Gasteiger partial charge on any atom is -0.495 e. The summed E-state index contributed by atoms with van der Waals surface area (Å²) in [5.74, 6) is 1.62. The van der Waals surface area contributed by atoms with E-state index in [0.717, 1.165) is 24.5 Å².